The maximum atomic E-state index is 5.88. The molecule has 2 rings (SSSR count). The van der Waals surface area contributed by atoms with Crippen molar-refractivity contribution < 1.29 is 34.8 Å². The molecule has 0 aliphatic carbocycles. The Morgan fingerprint density at radius 1 is 1.18 bits per heavy atom. The lowest BCUT2D eigenvalue weighted by atomic mass is 10.1. The second-order valence-electron chi connectivity index (χ2n) is 3.62. The molecule has 0 bridgehead atoms. The first-order valence-electron chi connectivity index (χ1n) is 4.87. The van der Waals surface area contributed by atoms with Gasteiger partial charge in [0.1, 0.15) is 0 Å². The highest BCUT2D eigenvalue weighted by atomic mass is 35.5. The Hall–Kier alpha value is -0.830. The van der Waals surface area contributed by atoms with E-state index in [1.54, 1.807) is 0 Å². The van der Waals surface area contributed by atoms with Crippen molar-refractivity contribution in [2.45, 2.75) is 13.3 Å². The normalized spacial score (nSPS) is 9.06. The average Bonchev–Trinajstić information content (AvgIpc) is 2.17. The van der Waals surface area contributed by atoms with E-state index in [9.17, 15) is 0 Å². The number of aryl methyl sites for hydroxylation is 1. The lowest BCUT2D eigenvalue weighted by Gasteiger charge is -1.95. The highest BCUT2D eigenvalue weighted by Crippen LogP contribution is 2.06. The lowest BCUT2D eigenvalue weighted by Crippen LogP contribution is -3.00. The predicted molar refractivity (Wildman–Crippen MR) is 58.5 cm³/mol. The van der Waals surface area contributed by atoms with Gasteiger partial charge in [0.2, 0.25) is 0 Å². The molecule has 2 nitrogen and oxygen atoms in total. The Morgan fingerprint density at radius 3 is 2.59 bits per heavy atom. The van der Waals surface area contributed by atoms with Crippen LogP contribution in [0.15, 0.2) is 36.7 Å². The van der Waals surface area contributed by atoms with Gasteiger partial charge in [-0.2, -0.15) is 4.98 Å². The van der Waals surface area contributed by atoms with Gasteiger partial charge in [-0.25, -0.2) is 4.98 Å². The maximum Gasteiger partial charge on any atom is 0.273 e. The van der Waals surface area contributed by atoms with Crippen LogP contribution in [0.3, 0.4) is 0 Å². The Labute approximate surface area is 118 Å². The first-order valence-corrected chi connectivity index (χ1v) is 5.25. The summed E-state index contributed by atoms with van der Waals surface area (Å²) in [6, 6.07) is 7.99. The van der Waals surface area contributed by atoms with Crippen LogP contribution in [-0.4, -0.2) is 0 Å². The minimum atomic E-state index is 0. The number of halogens is 3. The van der Waals surface area contributed by atoms with Crippen LogP contribution in [0.5, 0.6) is 0 Å². The maximum absolute atomic E-state index is 5.88. The molecule has 17 heavy (non-hydrogen) atoms. The fourth-order valence-electron chi connectivity index (χ4n) is 1.57. The van der Waals surface area contributed by atoms with Crippen LogP contribution in [-0.2, 0) is 6.42 Å². The van der Waals surface area contributed by atoms with Crippen LogP contribution in [0.1, 0.15) is 16.8 Å². The van der Waals surface area contributed by atoms with Gasteiger partial charge < -0.3 is 24.8 Å². The molecule has 5 heteroatoms. The number of rotatable bonds is 2. The van der Waals surface area contributed by atoms with Crippen molar-refractivity contribution in [1.82, 2.24) is 0 Å². The van der Waals surface area contributed by atoms with E-state index in [-0.39, 0.29) is 24.8 Å². The standard InChI is InChI=1S/C12H11ClN2.2ClH/c1-9-5-10(8-14-7-9)6-11-3-2-4-12(13)15-11;;/h2-5,7-8H,6H2,1H3;2*1H. The second-order valence-corrected chi connectivity index (χ2v) is 4.03. The van der Waals surface area contributed by atoms with Crippen molar-refractivity contribution in [2.75, 3.05) is 0 Å². The first kappa shape index (κ1) is 16.2. The summed E-state index contributed by atoms with van der Waals surface area (Å²) in [6.45, 7) is 2.07. The zero-order valence-electron chi connectivity index (χ0n) is 9.31. The monoisotopic (exact) mass is 290 g/mol. The van der Waals surface area contributed by atoms with Gasteiger partial charge >= 0.3 is 0 Å². The summed E-state index contributed by atoms with van der Waals surface area (Å²) in [4.78, 5) is 6.24. The Morgan fingerprint density at radius 2 is 1.94 bits per heavy atom. The molecular formula is C12H13Cl3N2. The van der Waals surface area contributed by atoms with Gasteiger partial charge in [0.25, 0.3) is 5.15 Å². The van der Waals surface area contributed by atoms with Gasteiger partial charge in [-0.1, -0.05) is 0 Å². The van der Waals surface area contributed by atoms with Crippen molar-refractivity contribution in [3.63, 3.8) is 0 Å². The lowest BCUT2D eigenvalue weighted by molar-refractivity contribution is -0.389. The van der Waals surface area contributed by atoms with E-state index in [0.29, 0.717) is 5.15 Å². The largest absolute Gasteiger partial charge is 1.00 e. The van der Waals surface area contributed by atoms with E-state index in [1.807, 2.05) is 30.6 Å². The summed E-state index contributed by atoms with van der Waals surface area (Å²) >= 11 is 5.88. The molecular weight excluding hydrogens is 279 g/mol. The van der Waals surface area contributed by atoms with Crippen molar-refractivity contribution in [2.24, 2.45) is 0 Å². The topological polar surface area (TPSA) is 28.3 Å². The molecule has 0 aromatic carbocycles. The molecule has 0 saturated carbocycles. The minimum absolute atomic E-state index is 0. The Kier molecular flexibility index (Phi) is 7.12. The van der Waals surface area contributed by atoms with E-state index >= 15 is 0 Å². The smallest absolute Gasteiger partial charge is 0.273 e. The van der Waals surface area contributed by atoms with Gasteiger partial charge in [-0.05, 0) is 30.7 Å². The highest BCUT2D eigenvalue weighted by molar-refractivity contribution is 6.28. The molecule has 0 unspecified atom stereocenters. The number of hydrogen-bond acceptors (Lipinski definition) is 0. The summed E-state index contributed by atoms with van der Waals surface area (Å²) < 4.78 is 0. The second kappa shape index (κ2) is 7.49. The number of hydrogen-bond donors (Lipinski definition) is 0. The zero-order chi connectivity index (χ0) is 10.7. The van der Waals surface area contributed by atoms with E-state index in [2.05, 4.69) is 23.0 Å². The van der Waals surface area contributed by atoms with Crippen LogP contribution in [0.25, 0.3) is 0 Å². The molecule has 0 aliphatic heterocycles. The van der Waals surface area contributed by atoms with Crippen molar-refractivity contribution >= 4 is 11.6 Å². The molecule has 0 atom stereocenters. The fourth-order valence-corrected chi connectivity index (χ4v) is 1.76. The molecule has 2 aromatic rings. The van der Waals surface area contributed by atoms with Gasteiger partial charge in [0.05, 0.1) is 6.42 Å². The molecule has 0 aliphatic rings. The zero-order valence-corrected chi connectivity index (χ0v) is 11.6. The van der Waals surface area contributed by atoms with E-state index in [1.165, 1.54) is 11.1 Å². The molecule has 0 spiro atoms. The average molecular weight is 292 g/mol. The SMILES string of the molecule is Cc1c[nH+]cc(Cc2cccc(Cl)[nH+]2)c1.[Cl-].[Cl-]. The number of aromatic amines is 2. The van der Waals surface area contributed by atoms with E-state index < -0.39 is 0 Å². The number of aromatic nitrogens is 2. The number of nitrogens with one attached hydrogen (secondary N) is 2. The molecule has 92 valence electrons. The third-order valence-electron chi connectivity index (χ3n) is 2.21. The van der Waals surface area contributed by atoms with Gasteiger partial charge in [0, 0.05) is 23.3 Å². The van der Waals surface area contributed by atoms with E-state index in [4.69, 9.17) is 11.6 Å². The quantitative estimate of drug-likeness (QED) is 0.503. The van der Waals surface area contributed by atoms with Crippen LogP contribution in [0, 0.1) is 6.92 Å². The number of H-pyrrole nitrogens is 2. The van der Waals surface area contributed by atoms with Gasteiger partial charge in [0.15, 0.2) is 18.1 Å². The van der Waals surface area contributed by atoms with Crippen LogP contribution >= 0.6 is 11.6 Å². The molecule has 0 fully saturated rings. The minimum Gasteiger partial charge on any atom is -1.00 e. The summed E-state index contributed by atoms with van der Waals surface area (Å²) in [6.07, 6.45) is 4.84. The van der Waals surface area contributed by atoms with Crippen LogP contribution < -0.4 is 34.8 Å². The van der Waals surface area contributed by atoms with Crippen molar-refractivity contribution in [3.05, 3.63) is 58.6 Å². The Balaban J connectivity index is 0.00000128. The molecule has 2 heterocycles. The van der Waals surface area contributed by atoms with Crippen molar-refractivity contribution in [1.29, 1.82) is 0 Å². The third kappa shape index (κ3) is 4.90. The van der Waals surface area contributed by atoms with Crippen LogP contribution in [0.4, 0.5) is 0 Å². The first-order chi connectivity index (χ1) is 7.24. The summed E-state index contributed by atoms with van der Waals surface area (Å²) in [7, 11) is 0. The van der Waals surface area contributed by atoms with Crippen molar-refractivity contribution in [3.8, 4) is 0 Å². The third-order valence-corrected chi connectivity index (χ3v) is 2.43. The van der Waals surface area contributed by atoms with E-state index in [0.717, 1.165) is 12.1 Å². The summed E-state index contributed by atoms with van der Waals surface area (Å²) in [5, 5.41) is 0.670. The predicted octanol–water partition coefficient (Wildman–Crippen LogP) is -4.12. The molecule has 2 aromatic heterocycles. The van der Waals surface area contributed by atoms with Gasteiger partial charge in [-0.15, -0.1) is 0 Å². The number of pyridine rings is 2. The highest BCUT2D eigenvalue weighted by Gasteiger charge is 2.06. The fraction of sp³-hybridized carbons (Fsp3) is 0.167. The van der Waals surface area contributed by atoms with Crippen LogP contribution in [0.2, 0.25) is 5.15 Å². The summed E-state index contributed by atoms with van der Waals surface area (Å²) in [5.41, 5.74) is 3.59. The Bertz CT molecular complexity index is 431. The molecule has 2 N–H and O–H groups in total. The molecule has 0 amide bonds. The molecule has 0 radical (unpaired) electrons. The van der Waals surface area contributed by atoms with Gasteiger partial charge in [-0.3, -0.25) is 0 Å². The molecule has 0 saturated heterocycles. The summed E-state index contributed by atoms with van der Waals surface area (Å²) in [5.74, 6) is 0.